The van der Waals surface area contributed by atoms with Crippen molar-refractivity contribution < 1.29 is 32.0 Å². The fourth-order valence-corrected chi connectivity index (χ4v) is 12.7. The topological polar surface area (TPSA) is 172 Å². The fourth-order valence-electron chi connectivity index (χ4n) is 11.7. The van der Waals surface area contributed by atoms with Gasteiger partial charge in [0.25, 0.3) is 21.6 Å². The maximum absolute atomic E-state index is 14.7. The van der Waals surface area contributed by atoms with Crippen molar-refractivity contribution in [2.45, 2.75) is 114 Å². The number of fused-ring (bicyclic) bond motifs is 2. The molecule has 14 nitrogen and oxygen atoms in total. The summed E-state index contributed by atoms with van der Waals surface area (Å²) in [6.45, 7) is 13.0. The molecule has 2 saturated carbocycles. The van der Waals surface area contributed by atoms with Gasteiger partial charge in [0.05, 0.1) is 33.0 Å². The van der Waals surface area contributed by atoms with Crippen LogP contribution in [0, 0.1) is 32.7 Å². The summed E-state index contributed by atoms with van der Waals surface area (Å²) in [6, 6.07) is 18.0. The second-order valence-corrected chi connectivity index (χ2v) is 22.5. The molecule has 1 spiro atoms. The van der Waals surface area contributed by atoms with E-state index in [1.807, 2.05) is 0 Å². The van der Waals surface area contributed by atoms with Crippen LogP contribution in [0.4, 0.5) is 21.5 Å². The first-order valence-corrected chi connectivity index (χ1v) is 25.3. The highest BCUT2D eigenvalue weighted by Crippen LogP contribution is 2.50. The minimum atomic E-state index is -4.68. The molecule has 0 radical (unpaired) electrons. The Morgan fingerprint density at radius 1 is 1.01 bits per heavy atom. The van der Waals surface area contributed by atoms with Gasteiger partial charge < -0.3 is 24.7 Å². The Morgan fingerprint density at radius 2 is 1.78 bits per heavy atom. The molecular formula is C51H60FN7O7S. The molecule has 16 heteroatoms. The summed E-state index contributed by atoms with van der Waals surface area (Å²) < 4.78 is 57.1. The van der Waals surface area contributed by atoms with Gasteiger partial charge in [0.2, 0.25) is 0 Å². The van der Waals surface area contributed by atoms with Gasteiger partial charge in [0.1, 0.15) is 29.6 Å². The summed E-state index contributed by atoms with van der Waals surface area (Å²) in [4.78, 5) is 37.4. The standard InChI is InChI=1S/C51H60FN7O7S/c1-31(2)36-8-5-6-9-37(36)38-10-7-11-43(38)58-29-51(30-58)18-20-57(21-19-51)33-12-13-39(45(22-33)66-34-23-40-41(52)27-54-48(40)53-26-34)49(60)56-67(63,64)35-24-44(59(61)62)47-46(25-35)65-28-42(55-47)32-14-16-50(3,4)17-15-32/h5-6,8-9,12-13,22-27,31-32,38,42-43,55H,7,10-11,14-21,28-30H2,1-4H3,(H,53,54)(H,56,60)/t38-,42?,43?/m0/s1. The Kier molecular flexibility index (Phi) is 11.7. The number of aromatic nitrogens is 2. The number of nitrogens with zero attached hydrogens (tertiary/aromatic N) is 4. The largest absolute Gasteiger partial charge is 0.489 e. The van der Waals surface area contributed by atoms with Crippen molar-refractivity contribution in [3.8, 4) is 17.2 Å². The third-order valence-corrected chi connectivity index (χ3v) is 16.9. The lowest BCUT2D eigenvalue weighted by Crippen LogP contribution is -2.63. The molecule has 4 fully saturated rings. The summed E-state index contributed by atoms with van der Waals surface area (Å²) in [6.07, 6.45) is 12.2. The molecule has 354 valence electrons. The van der Waals surface area contributed by atoms with Crippen molar-refractivity contribution in [1.29, 1.82) is 0 Å². The lowest BCUT2D eigenvalue weighted by atomic mass is 9.70. The average molecular weight is 934 g/mol. The molecule has 1 amide bonds. The van der Waals surface area contributed by atoms with Crippen molar-refractivity contribution in [3.05, 3.63) is 106 Å². The number of carbonyl (C=O) groups excluding carboxylic acids is 1. The number of nitro groups is 1. The number of anilines is 2. The van der Waals surface area contributed by atoms with Crippen LogP contribution in [0.5, 0.6) is 17.2 Å². The lowest BCUT2D eigenvalue weighted by Gasteiger charge is -2.57. The van der Waals surface area contributed by atoms with Gasteiger partial charge in [-0.25, -0.2) is 22.5 Å². The first-order valence-electron chi connectivity index (χ1n) is 23.9. The summed E-state index contributed by atoms with van der Waals surface area (Å²) in [5, 5.41) is 15.9. The van der Waals surface area contributed by atoms with E-state index in [9.17, 15) is 27.7 Å². The number of amides is 1. The number of pyridine rings is 1. The molecule has 5 aromatic rings. The van der Waals surface area contributed by atoms with Gasteiger partial charge >= 0.3 is 0 Å². The monoisotopic (exact) mass is 933 g/mol. The van der Waals surface area contributed by atoms with Gasteiger partial charge in [-0.2, -0.15) is 0 Å². The quantitative estimate of drug-likeness (QED) is 0.0850. The molecule has 3 aromatic carbocycles. The SMILES string of the molecule is CC(C)c1ccccc1[C@@H]1CCCC1N1CC2(CCN(c3ccc(C(=O)NS(=O)(=O)c4cc5c(c([N+](=O)[O-])c4)NC(C4CCC(C)(C)CC4)CO5)c(Oc4cnc5[nH]cc(F)c5c4)c3)CC2)C1. The highest BCUT2D eigenvalue weighted by atomic mass is 32.2. The first-order chi connectivity index (χ1) is 32.1. The van der Waals surface area contributed by atoms with Crippen molar-refractivity contribution >= 4 is 44.0 Å². The smallest absolute Gasteiger partial charge is 0.297 e. The van der Waals surface area contributed by atoms with E-state index in [4.69, 9.17) is 9.47 Å². The molecule has 5 heterocycles. The maximum Gasteiger partial charge on any atom is 0.297 e. The number of piperidine rings is 1. The zero-order chi connectivity index (χ0) is 46.8. The van der Waals surface area contributed by atoms with E-state index in [1.54, 1.807) is 12.1 Å². The van der Waals surface area contributed by atoms with Crippen LogP contribution in [-0.2, 0) is 10.0 Å². The Bertz CT molecular complexity index is 2820. The molecule has 3 atom stereocenters. The van der Waals surface area contributed by atoms with Crippen LogP contribution >= 0.6 is 0 Å². The average Bonchev–Trinajstić information content (AvgIpc) is 3.94. The number of nitro benzene ring substituents is 1. The number of sulfonamides is 1. The molecule has 2 aliphatic carbocycles. The molecule has 67 heavy (non-hydrogen) atoms. The molecular weight excluding hydrogens is 874 g/mol. The minimum Gasteiger partial charge on any atom is -0.489 e. The predicted molar refractivity (Wildman–Crippen MR) is 255 cm³/mol. The number of hydrogen-bond acceptors (Lipinski definition) is 11. The van der Waals surface area contributed by atoms with Gasteiger partial charge in [0, 0.05) is 62.3 Å². The van der Waals surface area contributed by atoms with Crippen molar-refractivity contribution in [1.82, 2.24) is 19.6 Å². The zero-order valence-electron chi connectivity index (χ0n) is 38.6. The Labute approximate surface area is 391 Å². The van der Waals surface area contributed by atoms with Crippen LogP contribution < -0.4 is 24.4 Å². The van der Waals surface area contributed by atoms with Crippen molar-refractivity contribution in [2.75, 3.05) is 43.0 Å². The summed E-state index contributed by atoms with van der Waals surface area (Å²) in [7, 11) is -4.68. The third-order valence-electron chi connectivity index (χ3n) is 15.6. The summed E-state index contributed by atoms with van der Waals surface area (Å²) in [5.41, 5.74) is 4.09. The molecule has 3 aliphatic heterocycles. The number of rotatable bonds is 11. The molecule has 2 unspecified atom stereocenters. The number of H-pyrrole nitrogens is 1. The highest BCUT2D eigenvalue weighted by Gasteiger charge is 2.49. The fraction of sp³-hybridized carbons (Fsp3) is 0.490. The first kappa shape index (κ1) is 45.1. The van der Waals surface area contributed by atoms with E-state index in [0.717, 1.165) is 76.5 Å². The number of halogens is 1. The molecule has 2 aromatic heterocycles. The van der Waals surface area contributed by atoms with Crippen LogP contribution in [0.3, 0.4) is 0 Å². The number of likely N-dealkylation sites (tertiary alicyclic amines) is 1. The van der Waals surface area contributed by atoms with Gasteiger partial charge in [0.15, 0.2) is 11.4 Å². The summed E-state index contributed by atoms with van der Waals surface area (Å²) in [5.74, 6) is -0.0579. The van der Waals surface area contributed by atoms with Crippen LogP contribution in [0.25, 0.3) is 11.0 Å². The maximum atomic E-state index is 14.7. The van der Waals surface area contributed by atoms with E-state index in [0.29, 0.717) is 23.5 Å². The second kappa shape index (κ2) is 17.4. The van der Waals surface area contributed by atoms with Gasteiger partial charge in [-0.15, -0.1) is 0 Å². The Morgan fingerprint density at radius 3 is 2.52 bits per heavy atom. The molecule has 10 rings (SSSR count). The molecule has 0 bridgehead atoms. The number of carbonyl (C=O) groups is 1. The van der Waals surface area contributed by atoms with Crippen molar-refractivity contribution in [2.24, 2.45) is 16.7 Å². The van der Waals surface area contributed by atoms with Gasteiger partial charge in [-0.1, -0.05) is 58.4 Å². The normalized spacial score (nSPS) is 22.8. The summed E-state index contributed by atoms with van der Waals surface area (Å²) >= 11 is 0. The molecule has 2 saturated heterocycles. The van der Waals surface area contributed by atoms with Crippen molar-refractivity contribution in [3.63, 3.8) is 0 Å². The van der Waals surface area contributed by atoms with Gasteiger partial charge in [-0.05, 0) is 109 Å². The highest BCUT2D eigenvalue weighted by molar-refractivity contribution is 7.90. The molecule has 5 aliphatic rings. The second-order valence-electron chi connectivity index (χ2n) is 20.8. The van der Waals surface area contributed by atoms with Crippen LogP contribution in [-0.4, -0.2) is 79.0 Å². The number of hydrogen-bond donors (Lipinski definition) is 3. The Balaban J connectivity index is 0.863. The minimum absolute atomic E-state index is 0.0238. The number of benzene rings is 3. The number of nitrogens with one attached hydrogen (secondary N) is 3. The van der Waals surface area contributed by atoms with E-state index >= 15 is 0 Å². The molecule has 3 N–H and O–H groups in total. The third kappa shape index (κ3) is 8.82. The van der Waals surface area contributed by atoms with E-state index in [1.165, 1.54) is 61.0 Å². The van der Waals surface area contributed by atoms with E-state index in [-0.39, 0.29) is 63.3 Å². The zero-order valence-corrected chi connectivity index (χ0v) is 39.5. The lowest BCUT2D eigenvalue weighted by molar-refractivity contribution is -0.384. The van der Waals surface area contributed by atoms with E-state index in [2.05, 4.69) is 81.8 Å². The number of aromatic amines is 1. The number of ether oxygens (including phenoxy) is 2. The van der Waals surface area contributed by atoms with E-state index < -0.39 is 37.3 Å². The van der Waals surface area contributed by atoms with Crippen LogP contribution in [0.1, 0.15) is 119 Å². The van der Waals surface area contributed by atoms with Gasteiger partial charge in [-0.3, -0.25) is 19.8 Å². The van der Waals surface area contributed by atoms with Crippen LogP contribution in [0.2, 0.25) is 0 Å². The van der Waals surface area contributed by atoms with Crippen LogP contribution in [0.15, 0.2) is 78.0 Å². The Hall–Kier alpha value is -5.74. The predicted octanol–water partition coefficient (Wildman–Crippen LogP) is 10.3.